The first-order chi connectivity index (χ1) is 6.27. The van der Waals surface area contributed by atoms with Crippen molar-refractivity contribution in [2.45, 2.75) is 38.3 Å². The molecule has 3 atom stereocenters. The summed E-state index contributed by atoms with van der Waals surface area (Å²) in [7, 11) is 1.75. The first kappa shape index (κ1) is 11.3. The van der Waals surface area contributed by atoms with Gasteiger partial charge in [-0.1, -0.05) is 6.42 Å². The first-order valence-corrected chi connectivity index (χ1v) is 5.63. The molecule has 1 rings (SSSR count). The molecule has 0 spiro atoms. The molecule has 1 aliphatic rings. The zero-order valence-corrected chi connectivity index (χ0v) is 9.31. The van der Waals surface area contributed by atoms with Gasteiger partial charge in [0.2, 0.25) is 0 Å². The number of alkyl halides is 1. The van der Waals surface area contributed by atoms with Crippen LogP contribution in [0.4, 0.5) is 0 Å². The van der Waals surface area contributed by atoms with Gasteiger partial charge in [0.05, 0.1) is 6.10 Å². The fourth-order valence-electron chi connectivity index (χ4n) is 1.89. The van der Waals surface area contributed by atoms with Gasteiger partial charge in [-0.2, -0.15) is 0 Å². The normalized spacial score (nSPS) is 30.7. The Balaban J connectivity index is 2.19. The molecular weight excluding hydrogens is 186 g/mol. The van der Waals surface area contributed by atoms with Crippen LogP contribution in [0, 0.1) is 5.92 Å². The monoisotopic (exact) mass is 205 g/mol. The van der Waals surface area contributed by atoms with E-state index in [1.54, 1.807) is 7.11 Å². The Bertz CT molecular complexity index is 143. The van der Waals surface area contributed by atoms with Gasteiger partial charge in [0.1, 0.15) is 0 Å². The Labute approximate surface area is 86.0 Å². The van der Waals surface area contributed by atoms with E-state index < -0.39 is 0 Å². The van der Waals surface area contributed by atoms with Crippen LogP contribution in [0.15, 0.2) is 0 Å². The Hall–Kier alpha value is 0.210. The maximum Gasteiger partial charge on any atom is 0.0667 e. The zero-order valence-electron chi connectivity index (χ0n) is 8.55. The molecule has 0 radical (unpaired) electrons. The van der Waals surface area contributed by atoms with Gasteiger partial charge in [-0.3, -0.25) is 0 Å². The molecular formula is C10H20ClNO. The highest BCUT2D eigenvalue weighted by Crippen LogP contribution is 2.26. The minimum absolute atomic E-state index is 0.302. The standard InChI is InChI=1S/C10H20ClNO/c1-8(13-2)7-12-10-5-3-4-9(10)6-11/h8-10,12H,3-7H2,1-2H3. The van der Waals surface area contributed by atoms with Gasteiger partial charge < -0.3 is 10.1 Å². The minimum Gasteiger partial charge on any atom is -0.380 e. The van der Waals surface area contributed by atoms with E-state index in [4.69, 9.17) is 16.3 Å². The van der Waals surface area contributed by atoms with E-state index >= 15 is 0 Å². The summed E-state index contributed by atoms with van der Waals surface area (Å²) >= 11 is 5.88. The van der Waals surface area contributed by atoms with E-state index in [1.807, 2.05) is 0 Å². The minimum atomic E-state index is 0.302. The number of nitrogens with one attached hydrogen (secondary N) is 1. The lowest BCUT2D eigenvalue weighted by Crippen LogP contribution is -2.38. The van der Waals surface area contributed by atoms with Crippen LogP contribution in [0.5, 0.6) is 0 Å². The molecule has 0 bridgehead atoms. The average Bonchev–Trinajstić information content (AvgIpc) is 2.61. The highest BCUT2D eigenvalue weighted by molar-refractivity contribution is 6.18. The molecule has 1 saturated carbocycles. The summed E-state index contributed by atoms with van der Waals surface area (Å²) in [5, 5.41) is 3.52. The van der Waals surface area contributed by atoms with Crippen molar-refractivity contribution < 1.29 is 4.74 Å². The van der Waals surface area contributed by atoms with Crippen LogP contribution < -0.4 is 5.32 Å². The van der Waals surface area contributed by atoms with Crippen molar-refractivity contribution in [1.82, 2.24) is 5.32 Å². The maximum atomic E-state index is 5.88. The molecule has 0 aliphatic heterocycles. The Morgan fingerprint density at radius 3 is 2.92 bits per heavy atom. The van der Waals surface area contributed by atoms with Gasteiger partial charge in [0.25, 0.3) is 0 Å². The molecule has 0 heterocycles. The molecule has 0 aromatic heterocycles. The van der Waals surface area contributed by atoms with Gasteiger partial charge in [-0.25, -0.2) is 0 Å². The second-order valence-corrected chi connectivity index (χ2v) is 4.21. The number of rotatable bonds is 5. The number of halogens is 1. The second kappa shape index (κ2) is 5.84. The van der Waals surface area contributed by atoms with Gasteiger partial charge in [-0.05, 0) is 25.7 Å². The van der Waals surface area contributed by atoms with Crippen molar-refractivity contribution in [3.8, 4) is 0 Å². The van der Waals surface area contributed by atoms with Gasteiger partial charge in [-0.15, -0.1) is 11.6 Å². The number of hydrogen-bond donors (Lipinski definition) is 1. The highest BCUT2D eigenvalue weighted by atomic mass is 35.5. The van der Waals surface area contributed by atoms with E-state index in [0.717, 1.165) is 12.4 Å². The van der Waals surface area contributed by atoms with Crippen molar-refractivity contribution in [3.63, 3.8) is 0 Å². The summed E-state index contributed by atoms with van der Waals surface area (Å²) in [6.07, 6.45) is 4.17. The van der Waals surface area contributed by atoms with E-state index in [0.29, 0.717) is 18.1 Å². The molecule has 0 aromatic carbocycles. The van der Waals surface area contributed by atoms with Crippen molar-refractivity contribution in [1.29, 1.82) is 0 Å². The van der Waals surface area contributed by atoms with Gasteiger partial charge in [0, 0.05) is 25.6 Å². The summed E-state index contributed by atoms with van der Waals surface area (Å²) in [6.45, 7) is 3.02. The molecule has 0 amide bonds. The van der Waals surface area contributed by atoms with Crippen LogP contribution in [0.1, 0.15) is 26.2 Å². The molecule has 0 aromatic rings. The maximum absolute atomic E-state index is 5.88. The fraction of sp³-hybridized carbons (Fsp3) is 1.00. The average molecular weight is 206 g/mol. The van der Waals surface area contributed by atoms with Crippen molar-refractivity contribution in [2.75, 3.05) is 19.5 Å². The Kier molecular flexibility index (Phi) is 5.07. The third-order valence-electron chi connectivity index (χ3n) is 2.93. The largest absolute Gasteiger partial charge is 0.380 e. The lowest BCUT2D eigenvalue weighted by Gasteiger charge is -2.20. The number of ether oxygens (including phenoxy) is 1. The summed E-state index contributed by atoms with van der Waals surface area (Å²) in [6, 6.07) is 0.620. The van der Waals surface area contributed by atoms with Crippen molar-refractivity contribution >= 4 is 11.6 Å². The summed E-state index contributed by atoms with van der Waals surface area (Å²) in [5.74, 6) is 1.46. The lowest BCUT2D eigenvalue weighted by atomic mass is 10.1. The Morgan fingerprint density at radius 2 is 2.31 bits per heavy atom. The molecule has 1 fully saturated rings. The SMILES string of the molecule is COC(C)CNC1CCCC1CCl. The highest BCUT2D eigenvalue weighted by Gasteiger charge is 2.25. The molecule has 13 heavy (non-hydrogen) atoms. The summed E-state index contributed by atoms with van der Waals surface area (Å²) in [4.78, 5) is 0. The number of methoxy groups -OCH3 is 1. The van der Waals surface area contributed by atoms with Crippen LogP contribution in [-0.4, -0.2) is 31.7 Å². The van der Waals surface area contributed by atoms with Crippen molar-refractivity contribution in [3.05, 3.63) is 0 Å². The van der Waals surface area contributed by atoms with Crippen LogP contribution in [0.3, 0.4) is 0 Å². The first-order valence-electron chi connectivity index (χ1n) is 5.10. The molecule has 1 N–H and O–H groups in total. The van der Waals surface area contributed by atoms with E-state index in [2.05, 4.69) is 12.2 Å². The van der Waals surface area contributed by atoms with E-state index in [-0.39, 0.29) is 0 Å². The van der Waals surface area contributed by atoms with Crippen LogP contribution >= 0.6 is 11.6 Å². The molecule has 3 unspecified atom stereocenters. The summed E-state index contributed by atoms with van der Waals surface area (Å²) < 4.78 is 5.18. The topological polar surface area (TPSA) is 21.3 Å². The van der Waals surface area contributed by atoms with E-state index in [1.165, 1.54) is 19.3 Å². The van der Waals surface area contributed by atoms with E-state index in [9.17, 15) is 0 Å². The third kappa shape index (κ3) is 3.45. The molecule has 2 nitrogen and oxygen atoms in total. The molecule has 0 saturated heterocycles. The quantitative estimate of drug-likeness (QED) is 0.694. The smallest absolute Gasteiger partial charge is 0.0667 e. The molecule has 3 heteroatoms. The van der Waals surface area contributed by atoms with Crippen LogP contribution in [-0.2, 0) is 4.74 Å². The lowest BCUT2D eigenvalue weighted by molar-refractivity contribution is 0.113. The Morgan fingerprint density at radius 1 is 1.54 bits per heavy atom. The molecule has 78 valence electrons. The van der Waals surface area contributed by atoms with Gasteiger partial charge in [0.15, 0.2) is 0 Å². The van der Waals surface area contributed by atoms with Crippen molar-refractivity contribution in [2.24, 2.45) is 5.92 Å². The van der Waals surface area contributed by atoms with Gasteiger partial charge >= 0.3 is 0 Å². The van der Waals surface area contributed by atoms with Crippen LogP contribution in [0.2, 0.25) is 0 Å². The second-order valence-electron chi connectivity index (χ2n) is 3.91. The predicted octanol–water partition coefficient (Wildman–Crippen LogP) is 2.02. The number of hydrogen-bond acceptors (Lipinski definition) is 2. The zero-order chi connectivity index (χ0) is 9.68. The molecule has 1 aliphatic carbocycles. The van der Waals surface area contributed by atoms with Crippen LogP contribution in [0.25, 0.3) is 0 Å². The summed E-state index contributed by atoms with van der Waals surface area (Å²) in [5.41, 5.74) is 0. The third-order valence-corrected chi connectivity index (χ3v) is 3.32. The fourth-order valence-corrected chi connectivity index (χ4v) is 2.26. The predicted molar refractivity (Wildman–Crippen MR) is 56.3 cm³/mol.